The van der Waals surface area contributed by atoms with E-state index >= 15 is 0 Å². The van der Waals surface area contributed by atoms with Crippen LogP contribution in [0.4, 0.5) is 0 Å². The van der Waals surface area contributed by atoms with Gasteiger partial charge in [0.2, 0.25) is 0 Å². The van der Waals surface area contributed by atoms with Crippen molar-refractivity contribution in [3.8, 4) is 0 Å². The van der Waals surface area contributed by atoms with E-state index in [1.54, 1.807) is 10.6 Å². The Hall–Kier alpha value is -1.88. The van der Waals surface area contributed by atoms with E-state index in [1.807, 2.05) is 24.4 Å². The molecule has 5 nitrogen and oxygen atoms in total. The van der Waals surface area contributed by atoms with Crippen molar-refractivity contribution in [1.29, 1.82) is 0 Å². The number of hydrogen-bond donors (Lipinski definition) is 2. The van der Waals surface area contributed by atoms with Crippen LogP contribution in [0.2, 0.25) is 0 Å². The quantitative estimate of drug-likeness (QED) is 0.889. The number of nitrogens with one attached hydrogen (secondary N) is 1. The monoisotopic (exact) mass is 273 g/mol. The molecule has 0 aliphatic heterocycles. The highest BCUT2D eigenvalue weighted by atomic mass is 16.3. The first-order chi connectivity index (χ1) is 9.75. The van der Waals surface area contributed by atoms with Crippen LogP contribution in [0.3, 0.4) is 0 Å². The first-order valence-electron chi connectivity index (χ1n) is 7.14. The second kappa shape index (κ2) is 5.63. The van der Waals surface area contributed by atoms with Gasteiger partial charge in [0.15, 0.2) is 0 Å². The van der Waals surface area contributed by atoms with Crippen molar-refractivity contribution in [3.63, 3.8) is 0 Å². The molecular formula is C15H19N3O2. The van der Waals surface area contributed by atoms with E-state index in [-0.39, 0.29) is 5.91 Å². The van der Waals surface area contributed by atoms with Gasteiger partial charge in [-0.25, -0.2) is 4.98 Å². The van der Waals surface area contributed by atoms with Gasteiger partial charge in [0.05, 0.1) is 12.3 Å². The number of aliphatic hydroxyl groups excluding tert-OH is 1. The zero-order valence-corrected chi connectivity index (χ0v) is 11.3. The Morgan fingerprint density at radius 3 is 3.05 bits per heavy atom. The molecule has 5 heteroatoms. The van der Waals surface area contributed by atoms with Crippen molar-refractivity contribution in [3.05, 3.63) is 36.3 Å². The van der Waals surface area contributed by atoms with E-state index in [0.29, 0.717) is 18.2 Å². The molecule has 1 saturated carbocycles. The SMILES string of the molecule is O=C(NCC(O)C1CCCC1)c1cnc2ccccn12. The molecule has 1 aliphatic carbocycles. The van der Waals surface area contributed by atoms with Crippen molar-refractivity contribution >= 4 is 11.6 Å². The topological polar surface area (TPSA) is 66.6 Å². The fourth-order valence-electron chi connectivity index (χ4n) is 2.90. The van der Waals surface area contributed by atoms with E-state index < -0.39 is 6.10 Å². The summed E-state index contributed by atoms with van der Waals surface area (Å²) in [6, 6.07) is 5.59. The number of carbonyl (C=O) groups is 1. The van der Waals surface area contributed by atoms with Crippen molar-refractivity contribution in [2.24, 2.45) is 5.92 Å². The second-order valence-corrected chi connectivity index (χ2v) is 5.39. The number of nitrogens with zero attached hydrogens (tertiary/aromatic N) is 2. The van der Waals surface area contributed by atoms with Crippen LogP contribution in [0, 0.1) is 5.92 Å². The number of fused-ring (bicyclic) bond motifs is 1. The third kappa shape index (κ3) is 2.54. The number of pyridine rings is 1. The molecule has 3 rings (SSSR count). The van der Waals surface area contributed by atoms with Crippen molar-refractivity contribution in [2.45, 2.75) is 31.8 Å². The molecule has 1 fully saturated rings. The van der Waals surface area contributed by atoms with Crippen LogP contribution in [0.1, 0.15) is 36.2 Å². The Morgan fingerprint density at radius 2 is 2.25 bits per heavy atom. The van der Waals surface area contributed by atoms with Crippen LogP contribution in [0.15, 0.2) is 30.6 Å². The summed E-state index contributed by atoms with van der Waals surface area (Å²) < 4.78 is 1.75. The molecule has 0 aromatic carbocycles. The van der Waals surface area contributed by atoms with E-state index in [4.69, 9.17) is 0 Å². The standard InChI is InChI=1S/C15H19N3O2/c19-13(11-5-1-2-6-11)10-17-15(20)12-9-16-14-7-3-4-8-18(12)14/h3-4,7-9,11,13,19H,1-2,5-6,10H2,(H,17,20). The molecular weight excluding hydrogens is 254 g/mol. The highest BCUT2D eigenvalue weighted by Crippen LogP contribution is 2.27. The molecule has 20 heavy (non-hydrogen) atoms. The van der Waals surface area contributed by atoms with E-state index in [1.165, 1.54) is 12.8 Å². The van der Waals surface area contributed by atoms with E-state index in [9.17, 15) is 9.90 Å². The molecule has 106 valence electrons. The number of amides is 1. The van der Waals surface area contributed by atoms with Crippen molar-refractivity contribution in [2.75, 3.05) is 6.54 Å². The molecule has 0 spiro atoms. The molecule has 0 bridgehead atoms. The van der Waals surface area contributed by atoms with Crippen LogP contribution in [0.5, 0.6) is 0 Å². The highest BCUT2D eigenvalue weighted by Gasteiger charge is 2.23. The second-order valence-electron chi connectivity index (χ2n) is 5.39. The van der Waals surface area contributed by atoms with Crippen LogP contribution in [0.25, 0.3) is 5.65 Å². The molecule has 2 aromatic heterocycles. The van der Waals surface area contributed by atoms with Gasteiger partial charge in [-0.3, -0.25) is 9.20 Å². The summed E-state index contributed by atoms with van der Waals surface area (Å²) in [4.78, 5) is 16.3. The Labute approximate surface area is 117 Å². The Morgan fingerprint density at radius 1 is 1.45 bits per heavy atom. The van der Waals surface area contributed by atoms with Gasteiger partial charge in [-0.15, -0.1) is 0 Å². The third-order valence-electron chi connectivity index (χ3n) is 4.07. The number of rotatable bonds is 4. The molecule has 2 N–H and O–H groups in total. The summed E-state index contributed by atoms with van der Waals surface area (Å²) >= 11 is 0. The summed E-state index contributed by atoms with van der Waals surface area (Å²) in [6.45, 7) is 0.309. The highest BCUT2D eigenvalue weighted by molar-refractivity contribution is 5.93. The number of aromatic nitrogens is 2. The summed E-state index contributed by atoms with van der Waals surface area (Å²) in [7, 11) is 0. The fraction of sp³-hybridized carbons (Fsp3) is 0.467. The summed E-state index contributed by atoms with van der Waals surface area (Å²) in [6.07, 6.45) is 7.42. The van der Waals surface area contributed by atoms with Crippen molar-refractivity contribution < 1.29 is 9.90 Å². The molecule has 1 aliphatic rings. The molecule has 1 unspecified atom stereocenters. The fourth-order valence-corrected chi connectivity index (χ4v) is 2.90. The maximum atomic E-state index is 12.2. The van der Waals surface area contributed by atoms with Gasteiger partial charge in [-0.1, -0.05) is 18.9 Å². The zero-order valence-electron chi connectivity index (χ0n) is 11.3. The number of hydrogen-bond acceptors (Lipinski definition) is 3. The van der Waals surface area contributed by atoms with Gasteiger partial charge in [0.25, 0.3) is 5.91 Å². The van der Waals surface area contributed by atoms with Gasteiger partial charge >= 0.3 is 0 Å². The molecule has 1 amide bonds. The number of imidazole rings is 1. The molecule has 0 radical (unpaired) electrons. The van der Waals surface area contributed by atoms with Crippen LogP contribution < -0.4 is 5.32 Å². The van der Waals surface area contributed by atoms with Crippen LogP contribution >= 0.6 is 0 Å². The van der Waals surface area contributed by atoms with Gasteiger partial charge in [0, 0.05) is 12.7 Å². The van der Waals surface area contributed by atoms with Gasteiger partial charge in [0.1, 0.15) is 11.3 Å². The Balaban J connectivity index is 1.64. The minimum absolute atomic E-state index is 0.194. The largest absolute Gasteiger partial charge is 0.391 e. The van der Waals surface area contributed by atoms with Crippen molar-refractivity contribution in [1.82, 2.24) is 14.7 Å². The first kappa shape index (κ1) is 13.1. The minimum atomic E-state index is -0.444. The smallest absolute Gasteiger partial charge is 0.270 e. The molecule has 2 aromatic rings. The lowest BCUT2D eigenvalue weighted by Crippen LogP contribution is -2.36. The zero-order chi connectivity index (χ0) is 13.9. The van der Waals surface area contributed by atoms with Crippen LogP contribution in [-0.2, 0) is 0 Å². The van der Waals surface area contributed by atoms with E-state index in [2.05, 4.69) is 10.3 Å². The lowest BCUT2D eigenvalue weighted by Gasteiger charge is -2.17. The molecule has 1 atom stereocenters. The van der Waals surface area contributed by atoms with Crippen LogP contribution in [-0.4, -0.2) is 33.0 Å². The lowest BCUT2D eigenvalue weighted by atomic mass is 10.0. The normalized spacial score (nSPS) is 17.4. The van der Waals surface area contributed by atoms with Gasteiger partial charge < -0.3 is 10.4 Å². The molecule has 2 heterocycles. The molecule has 0 saturated heterocycles. The number of aliphatic hydroxyl groups is 1. The Kier molecular flexibility index (Phi) is 3.69. The summed E-state index contributed by atoms with van der Waals surface area (Å²) in [5, 5.41) is 12.9. The maximum Gasteiger partial charge on any atom is 0.270 e. The average molecular weight is 273 g/mol. The summed E-state index contributed by atoms with van der Waals surface area (Å²) in [5.74, 6) is 0.137. The predicted molar refractivity (Wildman–Crippen MR) is 75.5 cm³/mol. The Bertz CT molecular complexity index is 602. The maximum absolute atomic E-state index is 12.2. The minimum Gasteiger partial charge on any atom is -0.391 e. The number of carbonyl (C=O) groups excluding carboxylic acids is 1. The van der Waals surface area contributed by atoms with Gasteiger partial charge in [-0.05, 0) is 30.9 Å². The third-order valence-corrected chi connectivity index (χ3v) is 4.07. The predicted octanol–water partition coefficient (Wildman–Crippen LogP) is 1.62. The first-order valence-corrected chi connectivity index (χ1v) is 7.14. The van der Waals surface area contributed by atoms with Gasteiger partial charge in [-0.2, -0.15) is 0 Å². The van der Waals surface area contributed by atoms with E-state index in [0.717, 1.165) is 18.5 Å². The average Bonchev–Trinajstić information content (AvgIpc) is 3.13. The lowest BCUT2D eigenvalue weighted by molar-refractivity contribution is 0.0836. The summed E-state index contributed by atoms with van der Waals surface area (Å²) in [5.41, 5.74) is 1.24.